The number of esters is 1. The highest BCUT2D eigenvalue weighted by molar-refractivity contribution is 7.47. The maximum atomic E-state index is 13.5. The molecule has 0 aromatic heterocycles. The highest BCUT2D eigenvalue weighted by Gasteiger charge is 2.30. The minimum atomic E-state index is -4.46. The summed E-state index contributed by atoms with van der Waals surface area (Å²) in [4.78, 5) is 37.5. The van der Waals surface area contributed by atoms with Gasteiger partial charge in [0.15, 0.2) is 0 Å². The van der Waals surface area contributed by atoms with Crippen LogP contribution in [0.2, 0.25) is 0 Å². The topological polar surface area (TPSA) is 111 Å². The van der Waals surface area contributed by atoms with Crippen molar-refractivity contribution in [1.29, 1.82) is 0 Å². The van der Waals surface area contributed by atoms with Crippen LogP contribution in [0.15, 0.2) is 97.2 Å². The van der Waals surface area contributed by atoms with Gasteiger partial charge in [-0.3, -0.25) is 18.6 Å². The van der Waals surface area contributed by atoms with Gasteiger partial charge < -0.3 is 19.4 Å². The Labute approximate surface area is 418 Å². The Morgan fingerprint density at radius 1 is 0.529 bits per heavy atom. The van der Waals surface area contributed by atoms with Crippen molar-refractivity contribution in [3.05, 3.63) is 97.2 Å². The molecule has 0 aliphatic rings. The van der Waals surface area contributed by atoms with Crippen molar-refractivity contribution in [3.63, 3.8) is 0 Å². The largest absolute Gasteiger partial charge is 0.472 e. The summed E-state index contributed by atoms with van der Waals surface area (Å²) in [5, 5.41) is 3.01. The fourth-order valence-electron chi connectivity index (χ4n) is 7.20. The van der Waals surface area contributed by atoms with Crippen LogP contribution in [0, 0.1) is 0 Å². The molecule has 10 heteroatoms. The van der Waals surface area contributed by atoms with E-state index in [-0.39, 0.29) is 37.9 Å². The summed E-state index contributed by atoms with van der Waals surface area (Å²) in [6.07, 6.45) is 62.6. The number of rotatable bonds is 47. The first kappa shape index (κ1) is 64.9. The lowest BCUT2D eigenvalue weighted by atomic mass is 10.1. The molecule has 0 fully saturated rings. The highest BCUT2D eigenvalue weighted by atomic mass is 31.2. The van der Waals surface area contributed by atoms with E-state index in [0.29, 0.717) is 23.9 Å². The lowest BCUT2D eigenvalue weighted by molar-refractivity contribution is -0.870. The number of carbonyl (C=O) groups excluding carboxylic acids is 2. The summed E-state index contributed by atoms with van der Waals surface area (Å²) in [7, 11) is 1.44. The SMILES string of the molecule is CC\C=C/C=C/C=C/C=C\C=C\C=C\CCCCCC(=O)NC(COP(=O)(O)OCC[N+](C)(C)C)C(/C=C\CCCCCCCCCCCC)OC(=O)CCCCC/C=C\CCCCCCCC. The fourth-order valence-corrected chi connectivity index (χ4v) is 7.94. The molecule has 0 aliphatic carbocycles. The highest BCUT2D eigenvalue weighted by Crippen LogP contribution is 2.43. The summed E-state index contributed by atoms with van der Waals surface area (Å²) in [5.74, 6) is -0.583. The maximum absolute atomic E-state index is 13.5. The van der Waals surface area contributed by atoms with Gasteiger partial charge in [0, 0.05) is 12.8 Å². The number of phosphoric acid groups is 1. The fraction of sp³-hybridized carbons (Fsp3) is 0.690. The van der Waals surface area contributed by atoms with Crippen LogP contribution >= 0.6 is 7.82 Å². The van der Waals surface area contributed by atoms with Crippen LogP contribution in [-0.4, -0.2) is 74.3 Å². The minimum Gasteiger partial charge on any atom is -0.456 e. The molecule has 0 saturated heterocycles. The lowest BCUT2D eigenvalue weighted by Gasteiger charge is -2.27. The molecule has 9 nitrogen and oxygen atoms in total. The van der Waals surface area contributed by atoms with E-state index in [1.54, 1.807) is 0 Å². The number of amides is 1. The number of nitrogens with one attached hydrogen (secondary N) is 1. The quantitative estimate of drug-likeness (QED) is 0.0156. The number of hydrogen-bond acceptors (Lipinski definition) is 6. The van der Waals surface area contributed by atoms with Gasteiger partial charge in [-0.2, -0.15) is 0 Å². The molecule has 0 saturated carbocycles. The second kappa shape index (κ2) is 47.6. The van der Waals surface area contributed by atoms with Gasteiger partial charge >= 0.3 is 13.8 Å². The summed E-state index contributed by atoms with van der Waals surface area (Å²) < 4.78 is 30.5. The van der Waals surface area contributed by atoms with Gasteiger partial charge in [0.2, 0.25) is 5.91 Å². The van der Waals surface area contributed by atoms with Crippen molar-refractivity contribution in [2.75, 3.05) is 40.9 Å². The predicted molar refractivity (Wildman–Crippen MR) is 290 cm³/mol. The Kier molecular flexibility index (Phi) is 45.5. The summed E-state index contributed by atoms with van der Waals surface area (Å²) in [6.45, 7) is 6.78. The number of quaternary nitrogens is 1. The molecule has 0 aromatic carbocycles. The second-order valence-corrected chi connectivity index (χ2v) is 20.6. The van der Waals surface area contributed by atoms with E-state index in [4.69, 9.17) is 13.8 Å². The molecule has 0 heterocycles. The van der Waals surface area contributed by atoms with Crippen LogP contribution in [-0.2, 0) is 27.9 Å². The van der Waals surface area contributed by atoms with Crippen LogP contribution in [0.25, 0.3) is 0 Å². The van der Waals surface area contributed by atoms with Crippen molar-refractivity contribution >= 4 is 19.7 Å². The van der Waals surface area contributed by atoms with Crippen molar-refractivity contribution in [2.24, 2.45) is 0 Å². The zero-order chi connectivity index (χ0) is 50.1. The first-order chi connectivity index (χ1) is 32.9. The number of likely N-dealkylation sites (N-methyl/N-ethyl adjacent to an activating group) is 1. The molecule has 68 heavy (non-hydrogen) atoms. The molecule has 0 aliphatic heterocycles. The zero-order valence-corrected chi connectivity index (χ0v) is 45.2. The Morgan fingerprint density at radius 2 is 0.956 bits per heavy atom. The van der Waals surface area contributed by atoms with E-state index in [1.807, 2.05) is 94.1 Å². The van der Waals surface area contributed by atoms with Crippen LogP contribution in [0.5, 0.6) is 0 Å². The smallest absolute Gasteiger partial charge is 0.456 e. The average molecular weight is 970 g/mol. The van der Waals surface area contributed by atoms with E-state index in [0.717, 1.165) is 70.6 Å². The van der Waals surface area contributed by atoms with Gasteiger partial charge in [-0.25, -0.2) is 4.57 Å². The monoisotopic (exact) mass is 970 g/mol. The molecule has 3 unspecified atom stereocenters. The van der Waals surface area contributed by atoms with Gasteiger partial charge in [0.05, 0.1) is 33.8 Å². The first-order valence-corrected chi connectivity index (χ1v) is 28.6. The molecule has 0 rings (SSSR count). The van der Waals surface area contributed by atoms with E-state index in [2.05, 4.69) is 50.4 Å². The molecule has 1 amide bonds. The molecule has 2 N–H and O–H groups in total. The Balaban J connectivity index is 5.53. The molecule has 0 aromatic rings. The van der Waals surface area contributed by atoms with E-state index < -0.39 is 20.0 Å². The standard InChI is InChI=1S/C58H101N2O7P/c1-7-10-13-16-19-22-25-28-29-30-31-33-35-38-41-44-47-50-57(61)59-55(54-66-68(63,64)65-53-52-60(4,5)6)56(49-46-43-40-37-34-27-24-21-18-15-12-9-3)67-58(62)51-48-45-42-39-36-32-26-23-20-17-14-11-8-2/h10,13,16,19,22,25,28-33,35-36,46,49,55-56H,7-9,11-12,14-15,17-18,20-21,23-24,26-27,34,37-45,47-48,50-54H2,1-6H3,(H-,59,61,63,64)/p+1/b13-10-,19-16+,25-22+,29-28-,31-30+,35-33+,36-32-,49-46-. The van der Waals surface area contributed by atoms with Gasteiger partial charge in [0.25, 0.3) is 0 Å². The number of phosphoric ester groups is 1. The third kappa shape index (κ3) is 48.0. The lowest BCUT2D eigenvalue weighted by Crippen LogP contribution is -2.47. The van der Waals surface area contributed by atoms with Crippen molar-refractivity contribution in [2.45, 2.75) is 219 Å². The molecule has 0 radical (unpaired) electrons. The summed E-state index contributed by atoms with van der Waals surface area (Å²) >= 11 is 0. The van der Waals surface area contributed by atoms with E-state index >= 15 is 0 Å². The molecular weight excluding hydrogens is 868 g/mol. The van der Waals surface area contributed by atoms with E-state index in [9.17, 15) is 19.0 Å². The van der Waals surface area contributed by atoms with Gasteiger partial charge in [-0.1, -0.05) is 215 Å². The number of hydrogen-bond donors (Lipinski definition) is 2. The third-order valence-corrected chi connectivity index (χ3v) is 12.4. The normalized spacial score (nSPS) is 14.6. The second-order valence-electron chi connectivity index (χ2n) is 19.2. The Morgan fingerprint density at radius 3 is 1.46 bits per heavy atom. The Hall–Kier alpha value is -3.07. The number of ether oxygens (including phenoxy) is 1. The van der Waals surface area contributed by atoms with Crippen LogP contribution < -0.4 is 5.32 Å². The van der Waals surface area contributed by atoms with Gasteiger partial charge in [0.1, 0.15) is 19.3 Å². The van der Waals surface area contributed by atoms with Crippen molar-refractivity contribution in [1.82, 2.24) is 5.32 Å². The van der Waals surface area contributed by atoms with Crippen LogP contribution in [0.3, 0.4) is 0 Å². The summed E-state index contributed by atoms with van der Waals surface area (Å²) in [5.41, 5.74) is 0. The zero-order valence-electron chi connectivity index (χ0n) is 44.3. The molecule has 0 bridgehead atoms. The van der Waals surface area contributed by atoms with Crippen LogP contribution in [0.4, 0.5) is 0 Å². The predicted octanol–water partition coefficient (Wildman–Crippen LogP) is 16.0. The molecule has 3 atom stereocenters. The number of unbranched alkanes of at least 4 members (excludes halogenated alkanes) is 22. The maximum Gasteiger partial charge on any atom is 0.472 e. The minimum absolute atomic E-state index is 0.0240. The van der Waals surface area contributed by atoms with Gasteiger partial charge in [-0.15, -0.1) is 0 Å². The van der Waals surface area contributed by atoms with Crippen LogP contribution in [0.1, 0.15) is 207 Å². The van der Waals surface area contributed by atoms with E-state index in [1.165, 1.54) is 89.9 Å². The first-order valence-electron chi connectivity index (χ1n) is 27.1. The number of allylic oxidation sites excluding steroid dienone is 15. The summed E-state index contributed by atoms with van der Waals surface area (Å²) in [6, 6.07) is -0.881. The van der Waals surface area contributed by atoms with Crippen molar-refractivity contribution in [3.8, 4) is 0 Å². The average Bonchev–Trinajstić information content (AvgIpc) is 3.29. The molecular formula is C58H102N2O7P+. The Bertz CT molecular complexity index is 1490. The van der Waals surface area contributed by atoms with Gasteiger partial charge in [-0.05, 0) is 76.7 Å². The van der Waals surface area contributed by atoms with Crippen molar-refractivity contribution < 1.29 is 37.3 Å². The number of carbonyl (C=O) groups is 2. The molecule has 390 valence electrons. The molecule has 0 spiro atoms. The number of nitrogens with zero attached hydrogens (tertiary/aromatic N) is 1. The third-order valence-electron chi connectivity index (χ3n) is 11.4.